The summed E-state index contributed by atoms with van der Waals surface area (Å²) in [6, 6.07) is 6.12. The monoisotopic (exact) mass is 224 g/mol. The molecule has 80 valence electrons. The minimum Gasteiger partial charge on any atom is -0.382 e. The smallest absolute Gasteiger partial charge is 0.207 e. The van der Waals surface area contributed by atoms with E-state index in [2.05, 4.69) is 17.6 Å². The van der Waals surface area contributed by atoms with Crippen molar-refractivity contribution in [3.05, 3.63) is 28.8 Å². The molecule has 0 unspecified atom stereocenters. The molecule has 0 radical (unpaired) electrons. The van der Waals surface area contributed by atoms with Crippen LogP contribution in [0.2, 0.25) is 5.02 Å². The fraction of sp³-hybridized carbons (Fsp3) is 0.364. The van der Waals surface area contributed by atoms with Gasteiger partial charge in [0.1, 0.15) is 0 Å². The zero-order valence-electron chi connectivity index (χ0n) is 8.46. The molecule has 0 saturated heterocycles. The molecule has 1 aromatic carbocycles. The van der Waals surface area contributed by atoms with Crippen LogP contribution in [0.3, 0.4) is 0 Å². The first-order valence-electron chi connectivity index (χ1n) is 4.96. The van der Waals surface area contributed by atoms with Crippen LogP contribution in [0.15, 0.2) is 18.2 Å². The van der Waals surface area contributed by atoms with Gasteiger partial charge in [0, 0.05) is 16.8 Å². The lowest BCUT2D eigenvalue weighted by atomic mass is 9.94. The molecule has 0 aliphatic carbocycles. The Bertz CT molecular complexity index is 381. The third kappa shape index (κ3) is 2.07. The Morgan fingerprint density at radius 2 is 2.40 bits per heavy atom. The van der Waals surface area contributed by atoms with Crippen molar-refractivity contribution in [3.63, 3.8) is 0 Å². The SMILES string of the molecule is C[C@@H]1C[C@H](NC=O)c2cc(Cl)ccc2N1. The molecule has 1 heterocycles. The molecule has 1 aliphatic heterocycles. The molecule has 1 aliphatic rings. The number of fused-ring (bicyclic) bond motifs is 1. The lowest BCUT2D eigenvalue weighted by Gasteiger charge is -2.31. The maximum absolute atomic E-state index is 10.5. The Hall–Kier alpha value is -1.22. The van der Waals surface area contributed by atoms with Gasteiger partial charge in [-0.1, -0.05) is 11.6 Å². The molecule has 0 saturated carbocycles. The highest BCUT2D eigenvalue weighted by atomic mass is 35.5. The van der Waals surface area contributed by atoms with Crippen LogP contribution in [0.1, 0.15) is 24.9 Å². The average molecular weight is 225 g/mol. The number of hydrogen-bond acceptors (Lipinski definition) is 2. The van der Waals surface area contributed by atoms with Crippen molar-refractivity contribution < 1.29 is 4.79 Å². The molecule has 15 heavy (non-hydrogen) atoms. The Balaban J connectivity index is 2.38. The van der Waals surface area contributed by atoms with Crippen LogP contribution < -0.4 is 10.6 Å². The van der Waals surface area contributed by atoms with Crippen molar-refractivity contribution in [1.82, 2.24) is 5.32 Å². The average Bonchev–Trinajstić information content (AvgIpc) is 2.19. The van der Waals surface area contributed by atoms with E-state index in [1.165, 1.54) is 0 Å². The summed E-state index contributed by atoms with van der Waals surface area (Å²) in [4.78, 5) is 10.5. The summed E-state index contributed by atoms with van der Waals surface area (Å²) < 4.78 is 0. The summed E-state index contributed by atoms with van der Waals surface area (Å²) in [5.74, 6) is 0. The van der Waals surface area contributed by atoms with Crippen LogP contribution in [0.25, 0.3) is 0 Å². The molecule has 4 heteroatoms. The molecular weight excluding hydrogens is 212 g/mol. The van der Waals surface area contributed by atoms with E-state index in [4.69, 9.17) is 11.6 Å². The van der Waals surface area contributed by atoms with Gasteiger partial charge in [-0.2, -0.15) is 0 Å². The molecule has 3 nitrogen and oxygen atoms in total. The van der Waals surface area contributed by atoms with E-state index in [9.17, 15) is 4.79 Å². The first kappa shape index (κ1) is 10.3. The van der Waals surface area contributed by atoms with E-state index >= 15 is 0 Å². The Labute approximate surface area is 93.8 Å². The zero-order valence-corrected chi connectivity index (χ0v) is 9.21. The molecule has 1 amide bonds. The third-order valence-electron chi connectivity index (χ3n) is 2.65. The van der Waals surface area contributed by atoms with Crippen molar-refractivity contribution in [3.8, 4) is 0 Å². The Morgan fingerprint density at radius 1 is 1.60 bits per heavy atom. The molecule has 0 spiro atoms. The van der Waals surface area contributed by atoms with E-state index in [1.54, 1.807) is 0 Å². The number of anilines is 1. The van der Waals surface area contributed by atoms with Gasteiger partial charge in [0.25, 0.3) is 0 Å². The normalized spacial score (nSPS) is 23.9. The van der Waals surface area contributed by atoms with E-state index in [0.29, 0.717) is 11.1 Å². The molecule has 2 N–H and O–H groups in total. The second kappa shape index (κ2) is 4.11. The van der Waals surface area contributed by atoms with Gasteiger partial charge in [0.15, 0.2) is 0 Å². The van der Waals surface area contributed by atoms with Gasteiger partial charge in [0.05, 0.1) is 6.04 Å². The van der Waals surface area contributed by atoms with E-state index in [1.807, 2.05) is 18.2 Å². The largest absolute Gasteiger partial charge is 0.382 e. The van der Waals surface area contributed by atoms with E-state index in [-0.39, 0.29) is 6.04 Å². The van der Waals surface area contributed by atoms with Gasteiger partial charge in [0.2, 0.25) is 6.41 Å². The summed E-state index contributed by atoms with van der Waals surface area (Å²) in [6.45, 7) is 2.09. The third-order valence-corrected chi connectivity index (χ3v) is 2.88. The van der Waals surface area contributed by atoms with Crippen molar-refractivity contribution in [1.29, 1.82) is 0 Å². The maximum Gasteiger partial charge on any atom is 0.207 e. The van der Waals surface area contributed by atoms with Crippen LogP contribution in [0.5, 0.6) is 0 Å². The first-order valence-corrected chi connectivity index (χ1v) is 5.34. The second-order valence-electron chi connectivity index (χ2n) is 3.85. The van der Waals surface area contributed by atoms with Gasteiger partial charge in [-0.15, -0.1) is 0 Å². The summed E-state index contributed by atoms with van der Waals surface area (Å²) in [5, 5.41) is 6.88. The number of amides is 1. The van der Waals surface area contributed by atoms with Gasteiger partial charge in [-0.3, -0.25) is 4.79 Å². The van der Waals surface area contributed by atoms with E-state index < -0.39 is 0 Å². The number of carbonyl (C=O) groups is 1. The number of benzene rings is 1. The van der Waals surface area contributed by atoms with Crippen molar-refractivity contribution >= 4 is 23.7 Å². The lowest BCUT2D eigenvalue weighted by Crippen LogP contribution is -2.32. The van der Waals surface area contributed by atoms with Crippen molar-refractivity contribution in [2.75, 3.05) is 5.32 Å². The number of carbonyl (C=O) groups excluding carboxylic acids is 1. The highest BCUT2D eigenvalue weighted by molar-refractivity contribution is 6.30. The number of halogens is 1. The van der Waals surface area contributed by atoms with Gasteiger partial charge in [-0.05, 0) is 37.1 Å². The standard InChI is InChI=1S/C11H13ClN2O/c1-7-4-11(13-6-15)9-5-8(12)2-3-10(9)14-7/h2-3,5-7,11,14H,4H2,1H3,(H,13,15)/t7-,11+/m1/s1. The number of nitrogens with one attached hydrogen (secondary N) is 2. The Morgan fingerprint density at radius 3 is 3.13 bits per heavy atom. The predicted octanol–water partition coefficient (Wildman–Crippen LogP) is 2.33. The van der Waals surface area contributed by atoms with Gasteiger partial charge < -0.3 is 10.6 Å². The molecule has 2 rings (SSSR count). The quantitative estimate of drug-likeness (QED) is 0.758. The second-order valence-corrected chi connectivity index (χ2v) is 4.29. The van der Waals surface area contributed by atoms with E-state index in [0.717, 1.165) is 24.1 Å². The molecule has 0 fully saturated rings. The molecule has 0 bridgehead atoms. The van der Waals surface area contributed by atoms with Crippen LogP contribution in [0, 0.1) is 0 Å². The van der Waals surface area contributed by atoms with Crippen LogP contribution >= 0.6 is 11.6 Å². The number of hydrogen-bond donors (Lipinski definition) is 2. The molecule has 1 aromatic rings. The molecule has 0 aromatic heterocycles. The molecular formula is C11H13ClN2O. The van der Waals surface area contributed by atoms with Crippen molar-refractivity contribution in [2.45, 2.75) is 25.4 Å². The highest BCUT2D eigenvalue weighted by Gasteiger charge is 2.23. The summed E-state index contributed by atoms with van der Waals surface area (Å²) in [5.41, 5.74) is 2.12. The fourth-order valence-corrected chi connectivity index (χ4v) is 2.18. The summed E-state index contributed by atoms with van der Waals surface area (Å²) in [7, 11) is 0. The lowest BCUT2D eigenvalue weighted by molar-refractivity contribution is -0.110. The number of rotatable bonds is 2. The maximum atomic E-state index is 10.5. The fourth-order valence-electron chi connectivity index (χ4n) is 2.00. The van der Waals surface area contributed by atoms with Crippen LogP contribution in [-0.2, 0) is 4.79 Å². The minimum atomic E-state index is 0.0625. The summed E-state index contributed by atoms with van der Waals surface area (Å²) in [6.07, 6.45) is 1.62. The predicted molar refractivity (Wildman–Crippen MR) is 61.1 cm³/mol. The van der Waals surface area contributed by atoms with Crippen LogP contribution in [-0.4, -0.2) is 12.5 Å². The van der Waals surface area contributed by atoms with Gasteiger partial charge >= 0.3 is 0 Å². The van der Waals surface area contributed by atoms with Crippen LogP contribution in [0.4, 0.5) is 5.69 Å². The highest BCUT2D eigenvalue weighted by Crippen LogP contribution is 2.33. The van der Waals surface area contributed by atoms with Gasteiger partial charge in [-0.25, -0.2) is 0 Å². The summed E-state index contributed by atoms with van der Waals surface area (Å²) >= 11 is 5.93. The minimum absolute atomic E-state index is 0.0625. The topological polar surface area (TPSA) is 41.1 Å². The Kier molecular flexibility index (Phi) is 2.82. The van der Waals surface area contributed by atoms with Crippen molar-refractivity contribution in [2.24, 2.45) is 0 Å². The zero-order chi connectivity index (χ0) is 10.8. The molecule has 2 atom stereocenters. The first-order chi connectivity index (χ1) is 7.20.